The fourth-order valence-corrected chi connectivity index (χ4v) is 2.70. The minimum atomic E-state index is -0.0128. The van der Waals surface area contributed by atoms with Gasteiger partial charge in [0.15, 0.2) is 0 Å². The number of carbonyl (C=O) groups is 1. The van der Waals surface area contributed by atoms with Crippen molar-refractivity contribution >= 4 is 16.8 Å². The molecule has 1 N–H and O–H groups in total. The molecule has 0 spiro atoms. The number of likely N-dealkylation sites (N-methyl/N-ethyl adjacent to an activating group) is 1. The lowest BCUT2D eigenvalue weighted by atomic mass is 10.0. The van der Waals surface area contributed by atoms with Crippen LogP contribution in [0.3, 0.4) is 0 Å². The molecule has 0 fully saturated rings. The van der Waals surface area contributed by atoms with Gasteiger partial charge in [-0.2, -0.15) is 5.10 Å². The van der Waals surface area contributed by atoms with Crippen LogP contribution >= 0.6 is 0 Å². The van der Waals surface area contributed by atoms with E-state index in [1.54, 1.807) is 7.05 Å². The summed E-state index contributed by atoms with van der Waals surface area (Å²) in [7, 11) is 1.65. The normalized spacial score (nSPS) is 10.9. The summed E-state index contributed by atoms with van der Waals surface area (Å²) >= 11 is 0. The number of rotatable bonds is 4. The largest absolute Gasteiger partial charge is 0.359 e. The van der Waals surface area contributed by atoms with Crippen molar-refractivity contribution in [1.29, 1.82) is 0 Å². The van der Waals surface area contributed by atoms with Crippen molar-refractivity contribution in [3.63, 3.8) is 0 Å². The summed E-state index contributed by atoms with van der Waals surface area (Å²) < 4.78 is 1.88. The summed E-state index contributed by atoms with van der Waals surface area (Å²) in [6, 6.07) is 8.06. The number of hydrogen-bond donors (Lipinski definition) is 1. The Morgan fingerprint density at radius 1 is 1.35 bits per heavy atom. The Balaban J connectivity index is 2.14. The molecule has 1 amide bonds. The molecule has 1 aromatic carbocycles. The van der Waals surface area contributed by atoms with Crippen molar-refractivity contribution in [2.75, 3.05) is 7.05 Å². The highest BCUT2D eigenvalue weighted by molar-refractivity contribution is 5.91. The Hall–Kier alpha value is -2.69. The standard InChI is InChI=1S/C18H20N4O/c1-4-22-11-14(10-20-22)16-8-12(2)15-7-5-6-13(18(15)21-16)9-17(23)19-3/h5-8,10-11H,4,9H2,1-3H3,(H,19,23). The third-order valence-corrected chi connectivity index (χ3v) is 4.01. The monoisotopic (exact) mass is 308 g/mol. The lowest BCUT2D eigenvalue weighted by Crippen LogP contribution is -2.20. The van der Waals surface area contributed by atoms with Gasteiger partial charge in [0.05, 0.1) is 23.8 Å². The molecule has 5 heteroatoms. The predicted molar refractivity (Wildman–Crippen MR) is 91.1 cm³/mol. The van der Waals surface area contributed by atoms with Crippen LogP contribution in [0.25, 0.3) is 22.2 Å². The minimum absolute atomic E-state index is 0.0128. The van der Waals surface area contributed by atoms with Crippen LogP contribution in [0.15, 0.2) is 36.7 Å². The molecule has 0 bridgehead atoms. The molecule has 0 atom stereocenters. The molecule has 0 unspecified atom stereocenters. The lowest BCUT2D eigenvalue weighted by molar-refractivity contribution is -0.119. The zero-order chi connectivity index (χ0) is 16.4. The van der Waals surface area contributed by atoms with E-state index in [4.69, 9.17) is 4.98 Å². The van der Waals surface area contributed by atoms with E-state index in [9.17, 15) is 4.79 Å². The van der Waals surface area contributed by atoms with Crippen LogP contribution in [-0.2, 0) is 17.8 Å². The van der Waals surface area contributed by atoms with E-state index in [1.165, 1.54) is 0 Å². The van der Waals surface area contributed by atoms with Crippen LogP contribution in [-0.4, -0.2) is 27.7 Å². The van der Waals surface area contributed by atoms with E-state index in [-0.39, 0.29) is 5.91 Å². The van der Waals surface area contributed by atoms with Crippen LogP contribution in [0.4, 0.5) is 0 Å². The molecule has 118 valence electrons. The van der Waals surface area contributed by atoms with Gasteiger partial charge in [-0.25, -0.2) is 4.98 Å². The second-order valence-corrected chi connectivity index (χ2v) is 5.57. The number of para-hydroxylation sites is 1. The van der Waals surface area contributed by atoms with E-state index in [2.05, 4.69) is 30.3 Å². The maximum atomic E-state index is 11.8. The molecule has 0 saturated heterocycles. The molecule has 0 aliphatic heterocycles. The Morgan fingerprint density at radius 3 is 2.87 bits per heavy atom. The topological polar surface area (TPSA) is 59.8 Å². The average molecular weight is 308 g/mol. The van der Waals surface area contributed by atoms with Gasteiger partial charge < -0.3 is 5.32 Å². The average Bonchev–Trinajstić information content (AvgIpc) is 3.04. The van der Waals surface area contributed by atoms with Crippen LogP contribution in [0.5, 0.6) is 0 Å². The number of aromatic nitrogens is 3. The zero-order valence-electron chi connectivity index (χ0n) is 13.6. The predicted octanol–water partition coefficient (Wildman–Crippen LogP) is 2.72. The molecule has 0 aliphatic rings. The molecular weight excluding hydrogens is 288 g/mol. The van der Waals surface area contributed by atoms with Crippen molar-refractivity contribution in [2.45, 2.75) is 26.8 Å². The number of fused-ring (bicyclic) bond motifs is 1. The van der Waals surface area contributed by atoms with Crippen molar-refractivity contribution in [3.05, 3.63) is 47.8 Å². The highest BCUT2D eigenvalue weighted by atomic mass is 16.1. The molecular formula is C18H20N4O. The van der Waals surface area contributed by atoms with Gasteiger partial charge in [-0.15, -0.1) is 0 Å². The maximum absolute atomic E-state index is 11.8. The Bertz CT molecular complexity index is 867. The van der Waals surface area contributed by atoms with E-state index < -0.39 is 0 Å². The van der Waals surface area contributed by atoms with Gasteiger partial charge >= 0.3 is 0 Å². The van der Waals surface area contributed by atoms with Crippen molar-refractivity contribution in [3.8, 4) is 11.3 Å². The second-order valence-electron chi connectivity index (χ2n) is 5.57. The summed E-state index contributed by atoms with van der Waals surface area (Å²) in [4.78, 5) is 16.6. The Morgan fingerprint density at radius 2 is 2.17 bits per heavy atom. The molecule has 23 heavy (non-hydrogen) atoms. The van der Waals surface area contributed by atoms with Gasteiger partial charge in [0, 0.05) is 30.7 Å². The van der Waals surface area contributed by atoms with E-state index in [0.29, 0.717) is 6.42 Å². The number of hydrogen-bond acceptors (Lipinski definition) is 3. The Kier molecular flexibility index (Phi) is 4.10. The first-order valence-electron chi connectivity index (χ1n) is 7.75. The summed E-state index contributed by atoms with van der Waals surface area (Å²) in [6.07, 6.45) is 4.16. The number of nitrogens with zero attached hydrogens (tertiary/aromatic N) is 3. The highest BCUT2D eigenvalue weighted by Crippen LogP contribution is 2.26. The number of amides is 1. The van der Waals surface area contributed by atoms with E-state index in [1.807, 2.05) is 35.3 Å². The van der Waals surface area contributed by atoms with E-state index >= 15 is 0 Å². The molecule has 2 aromatic heterocycles. The molecule has 0 aliphatic carbocycles. The fourth-order valence-electron chi connectivity index (χ4n) is 2.70. The lowest BCUT2D eigenvalue weighted by Gasteiger charge is -2.09. The first-order valence-corrected chi connectivity index (χ1v) is 7.75. The molecule has 2 heterocycles. The quantitative estimate of drug-likeness (QED) is 0.806. The first kappa shape index (κ1) is 15.2. The fraction of sp³-hybridized carbons (Fsp3) is 0.278. The number of benzene rings is 1. The number of carbonyl (C=O) groups excluding carboxylic acids is 1. The highest BCUT2D eigenvalue weighted by Gasteiger charge is 2.11. The van der Waals surface area contributed by atoms with Gasteiger partial charge in [0.2, 0.25) is 5.91 Å². The molecule has 5 nitrogen and oxygen atoms in total. The summed E-state index contributed by atoms with van der Waals surface area (Å²) in [5.41, 5.74) is 4.85. The molecule has 3 rings (SSSR count). The van der Waals surface area contributed by atoms with Gasteiger partial charge in [-0.3, -0.25) is 9.48 Å². The minimum Gasteiger partial charge on any atom is -0.359 e. The van der Waals surface area contributed by atoms with Gasteiger partial charge in [0.1, 0.15) is 0 Å². The number of aryl methyl sites for hydroxylation is 2. The summed E-state index contributed by atoms with van der Waals surface area (Å²) in [5.74, 6) is -0.0128. The first-order chi connectivity index (χ1) is 11.1. The Labute approximate surface area is 135 Å². The SMILES string of the molecule is CCn1cc(-c2cc(C)c3cccc(CC(=O)NC)c3n2)cn1. The third-order valence-electron chi connectivity index (χ3n) is 4.01. The second kappa shape index (κ2) is 6.20. The van der Waals surface area contributed by atoms with Crippen LogP contribution in [0, 0.1) is 6.92 Å². The van der Waals surface area contributed by atoms with Crippen LogP contribution < -0.4 is 5.32 Å². The van der Waals surface area contributed by atoms with Gasteiger partial charge in [-0.1, -0.05) is 18.2 Å². The number of nitrogens with one attached hydrogen (secondary N) is 1. The summed E-state index contributed by atoms with van der Waals surface area (Å²) in [6.45, 7) is 4.95. The van der Waals surface area contributed by atoms with Crippen molar-refractivity contribution in [2.24, 2.45) is 0 Å². The third kappa shape index (κ3) is 2.95. The molecule has 3 aromatic rings. The van der Waals surface area contributed by atoms with Crippen molar-refractivity contribution < 1.29 is 4.79 Å². The van der Waals surface area contributed by atoms with Gasteiger partial charge in [0.25, 0.3) is 0 Å². The molecule has 0 radical (unpaired) electrons. The van der Waals surface area contributed by atoms with Gasteiger partial charge in [-0.05, 0) is 31.0 Å². The van der Waals surface area contributed by atoms with Crippen LogP contribution in [0.2, 0.25) is 0 Å². The van der Waals surface area contributed by atoms with Crippen LogP contribution in [0.1, 0.15) is 18.1 Å². The maximum Gasteiger partial charge on any atom is 0.224 e. The smallest absolute Gasteiger partial charge is 0.224 e. The van der Waals surface area contributed by atoms with E-state index in [0.717, 1.165) is 39.8 Å². The zero-order valence-corrected chi connectivity index (χ0v) is 13.6. The number of pyridine rings is 1. The summed E-state index contributed by atoms with van der Waals surface area (Å²) in [5, 5.41) is 8.07. The van der Waals surface area contributed by atoms with Crippen molar-refractivity contribution in [1.82, 2.24) is 20.1 Å². The molecule has 0 saturated carbocycles.